The molecule has 0 atom stereocenters. The summed E-state index contributed by atoms with van der Waals surface area (Å²) in [5.74, 6) is 6.07. The van der Waals surface area contributed by atoms with Gasteiger partial charge in [0.2, 0.25) is 0 Å². The first-order chi connectivity index (χ1) is 6.24. The van der Waals surface area contributed by atoms with E-state index in [1.54, 1.807) is 6.92 Å². The first kappa shape index (κ1) is 9.54. The van der Waals surface area contributed by atoms with E-state index >= 15 is 0 Å². The van der Waals surface area contributed by atoms with Crippen molar-refractivity contribution in [3.05, 3.63) is 35.4 Å². The molecule has 0 unspecified atom stereocenters. The standard InChI is InChI=1S/C12H12O/c1-3-4-5-11-6-8-12(9-7-11)10(2)13/h6-9H,3H2,1-2H3. The molecule has 0 aromatic heterocycles. The van der Waals surface area contributed by atoms with Crippen molar-refractivity contribution < 1.29 is 4.79 Å². The normalized spacial score (nSPS) is 8.77. The Morgan fingerprint density at radius 3 is 2.38 bits per heavy atom. The largest absolute Gasteiger partial charge is 0.295 e. The van der Waals surface area contributed by atoms with Gasteiger partial charge in [-0.1, -0.05) is 30.9 Å². The van der Waals surface area contributed by atoms with Crippen molar-refractivity contribution in [3.8, 4) is 11.8 Å². The lowest BCUT2D eigenvalue weighted by atomic mass is 10.1. The Balaban J connectivity index is 2.87. The van der Waals surface area contributed by atoms with Crippen molar-refractivity contribution in [1.82, 2.24) is 0 Å². The van der Waals surface area contributed by atoms with Gasteiger partial charge >= 0.3 is 0 Å². The zero-order valence-electron chi connectivity index (χ0n) is 7.92. The van der Waals surface area contributed by atoms with Gasteiger partial charge in [-0.2, -0.15) is 0 Å². The average molecular weight is 172 g/mol. The summed E-state index contributed by atoms with van der Waals surface area (Å²) >= 11 is 0. The first-order valence-electron chi connectivity index (χ1n) is 4.34. The molecular weight excluding hydrogens is 160 g/mol. The van der Waals surface area contributed by atoms with Gasteiger partial charge in [0, 0.05) is 17.5 Å². The number of carbonyl (C=O) groups is 1. The fourth-order valence-corrected chi connectivity index (χ4v) is 0.979. The fourth-order valence-electron chi connectivity index (χ4n) is 0.979. The summed E-state index contributed by atoms with van der Waals surface area (Å²) in [6, 6.07) is 7.36. The quantitative estimate of drug-likeness (QED) is 0.470. The number of hydrogen-bond acceptors (Lipinski definition) is 1. The summed E-state index contributed by atoms with van der Waals surface area (Å²) in [6.45, 7) is 3.57. The SMILES string of the molecule is CCC#Cc1ccc(C(C)=O)cc1. The second-order valence-electron chi connectivity index (χ2n) is 2.79. The highest BCUT2D eigenvalue weighted by Gasteiger charge is 1.96. The topological polar surface area (TPSA) is 17.1 Å². The van der Waals surface area contributed by atoms with E-state index in [-0.39, 0.29) is 5.78 Å². The van der Waals surface area contributed by atoms with Gasteiger partial charge in [-0.25, -0.2) is 0 Å². The summed E-state index contributed by atoms with van der Waals surface area (Å²) in [7, 11) is 0. The Morgan fingerprint density at radius 1 is 1.31 bits per heavy atom. The third-order valence-electron chi connectivity index (χ3n) is 1.70. The summed E-state index contributed by atoms with van der Waals surface area (Å²) in [6.07, 6.45) is 0.856. The van der Waals surface area contributed by atoms with Gasteiger partial charge in [0.05, 0.1) is 0 Å². The maximum absolute atomic E-state index is 10.9. The zero-order valence-corrected chi connectivity index (χ0v) is 7.92. The number of benzene rings is 1. The molecular formula is C12H12O. The molecule has 0 saturated heterocycles. The third kappa shape index (κ3) is 2.76. The molecule has 13 heavy (non-hydrogen) atoms. The molecule has 0 saturated carbocycles. The van der Waals surface area contributed by atoms with Crippen LogP contribution in [0.25, 0.3) is 0 Å². The zero-order chi connectivity index (χ0) is 9.68. The van der Waals surface area contributed by atoms with Gasteiger partial charge in [-0.05, 0) is 19.1 Å². The maximum atomic E-state index is 10.9. The average Bonchev–Trinajstić information content (AvgIpc) is 2.15. The number of ketones is 1. The Hall–Kier alpha value is -1.55. The van der Waals surface area contributed by atoms with Crippen LogP contribution in [0.15, 0.2) is 24.3 Å². The van der Waals surface area contributed by atoms with E-state index in [0.717, 1.165) is 17.5 Å². The summed E-state index contributed by atoms with van der Waals surface area (Å²) in [5.41, 5.74) is 1.70. The van der Waals surface area contributed by atoms with Crippen LogP contribution in [0.5, 0.6) is 0 Å². The number of Topliss-reactive ketones (excluding diaryl/α,β-unsaturated/α-hetero) is 1. The minimum absolute atomic E-state index is 0.0926. The van der Waals surface area contributed by atoms with Crippen molar-refractivity contribution in [1.29, 1.82) is 0 Å². The van der Waals surface area contributed by atoms with Crippen LogP contribution >= 0.6 is 0 Å². The second-order valence-corrected chi connectivity index (χ2v) is 2.79. The van der Waals surface area contributed by atoms with E-state index < -0.39 is 0 Å². The lowest BCUT2D eigenvalue weighted by molar-refractivity contribution is 0.101. The molecule has 1 aromatic carbocycles. The monoisotopic (exact) mass is 172 g/mol. The van der Waals surface area contributed by atoms with Crippen LogP contribution in [-0.4, -0.2) is 5.78 Å². The molecule has 1 nitrogen and oxygen atoms in total. The number of carbonyl (C=O) groups excluding carboxylic acids is 1. The first-order valence-corrected chi connectivity index (χ1v) is 4.34. The summed E-state index contributed by atoms with van der Waals surface area (Å²) < 4.78 is 0. The van der Waals surface area contributed by atoms with Gasteiger partial charge in [-0.15, -0.1) is 0 Å². The molecule has 0 radical (unpaired) electrons. The fraction of sp³-hybridized carbons (Fsp3) is 0.250. The molecule has 1 rings (SSSR count). The molecule has 0 amide bonds. The molecule has 0 N–H and O–H groups in total. The van der Waals surface area contributed by atoms with Crippen molar-refractivity contribution in [2.24, 2.45) is 0 Å². The van der Waals surface area contributed by atoms with E-state index in [0.29, 0.717) is 0 Å². The lowest BCUT2D eigenvalue weighted by Crippen LogP contribution is -1.90. The molecule has 0 aliphatic heterocycles. The van der Waals surface area contributed by atoms with Crippen LogP contribution in [0, 0.1) is 11.8 Å². The molecule has 0 aliphatic carbocycles. The predicted octanol–water partition coefficient (Wildman–Crippen LogP) is 2.65. The van der Waals surface area contributed by atoms with Crippen molar-refractivity contribution in [2.45, 2.75) is 20.3 Å². The van der Waals surface area contributed by atoms with Crippen LogP contribution in [0.1, 0.15) is 36.2 Å². The van der Waals surface area contributed by atoms with Crippen molar-refractivity contribution in [3.63, 3.8) is 0 Å². The Kier molecular flexibility index (Phi) is 3.28. The Labute approximate surface area is 78.8 Å². The van der Waals surface area contributed by atoms with Gasteiger partial charge in [0.25, 0.3) is 0 Å². The minimum Gasteiger partial charge on any atom is -0.295 e. The Bertz CT molecular complexity index is 349. The minimum atomic E-state index is 0.0926. The highest BCUT2D eigenvalue weighted by molar-refractivity contribution is 5.94. The van der Waals surface area contributed by atoms with Gasteiger partial charge < -0.3 is 0 Å². The molecule has 1 heteroatoms. The van der Waals surface area contributed by atoms with E-state index in [2.05, 4.69) is 11.8 Å². The Morgan fingerprint density at radius 2 is 1.92 bits per heavy atom. The number of rotatable bonds is 1. The number of hydrogen-bond donors (Lipinski definition) is 0. The summed E-state index contributed by atoms with van der Waals surface area (Å²) in [4.78, 5) is 10.9. The van der Waals surface area contributed by atoms with E-state index in [9.17, 15) is 4.79 Å². The van der Waals surface area contributed by atoms with Gasteiger partial charge in [0.1, 0.15) is 0 Å². The van der Waals surface area contributed by atoms with Gasteiger partial charge in [-0.3, -0.25) is 4.79 Å². The highest BCUT2D eigenvalue weighted by atomic mass is 16.1. The van der Waals surface area contributed by atoms with Crippen molar-refractivity contribution >= 4 is 5.78 Å². The van der Waals surface area contributed by atoms with Crippen LogP contribution in [0.3, 0.4) is 0 Å². The molecule has 0 bridgehead atoms. The molecule has 0 fully saturated rings. The van der Waals surface area contributed by atoms with Crippen LogP contribution in [0.4, 0.5) is 0 Å². The molecule has 66 valence electrons. The van der Waals surface area contributed by atoms with Gasteiger partial charge in [0.15, 0.2) is 5.78 Å². The lowest BCUT2D eigenvalue weighted by Gasteiger charge is -1.94. The van der Waals surface area contributed by atoms with Crippen molar-refractivity contribution in [2.75, 3.05) is 0 Å². The molecule has 0 spiro atoms. The summed E-state index contributed by atoms with van der Waals surface area (Å²) in [5, 5.41) is 0. The van der Waals surface area contributed by atoms with Crippen LogP contribution in [0.2, 0.25) is 0 Å². The molecule has 1 aromatic rings. The smallest absolute Gasteiger partial charge is 0.159 e. The molecule has 0 heterocycles. The maximum Gasteiger partial charge on any atom is 0.159 e. The highest BCUT2D eigenvalue weighted by Crippen LogP contribution is 2.03. The third-order valence-corrected chi connectivity index (χ3v) is 1.70. The second kappa shape index (κ2) is 4.47. The van der Waals surface area contributed by atoms with Crippen LogP contribution < -0.4 is 0 Å². The van der Waals surface area contributed by atoms with E-state index in [4.69, 9.17) is 0 Å². The predicted molar refractivity (Wildman–Crippen MR) is 53.6 cm³/mol. The van der Waals surface area contributed by atoms with E-state index in [1.807, 2.05) is 31.2 Å². The van der Waals surface area contributed by atoms with Crippen LogP contribution in [-0.2, 0) is 0 Å². The molecule has 0 aliphatic rings. The van der Waals surface area contributed by atoms with E-state index in [1.165, 1.54) is 0 Å².